The van der Waals surface area contributed by atoms with Gasteiger partial charge in [-0.3, -0.25) is 0 Å². The molecule has 1 N–H and O–H groups in total. The van der Waals surface area contributed by atoms with E-state index < -0.39 is 0 Å². The highest BCUT2D eigenvalue weighted by atomic mass is 14.9. The number of hydrogen-bond acceptors (Lipinski definition) is 1. The van der Waals surface area contributed by atoms with Gasteiger partial charge in [0.2, 0.25) is 0 Å². The predicted molar refractivity (Wildman–Crippen MR) is 79.5 cm³/mol. The Morgan fingerprint density at radius 3 is 2.24 bits per heavy atom. The van der Waals surface area contributed by atoms with Gasteiger partial charge in [0.15, 0.2) is 0 Å². The second kappa shape index (κ2) is 8.97. The summed E-state index contributed by atoms with van der Waals surface area (Å²) in [6, 6.07) is 0.618. The van der Waals surface area contributed by atoms with Gasteiger partial charge in [-0.05, 0) is 30.7 Å². The van der Waals surface area contributed by atoms with Crippen molar-refractivity contribution in [3.8, 4) is 0 Å². The summed E-state index contributed by atoms with van der Waals surface area (Å²) in [6.07, 6.45) is 8.21. The molecule has 0 aromatic carbocycles. The van der Waals surface area contributed by atoms with Crippen molar-refractivity contribution in [2.45, 2.75) is 86.1 Å². The summed E-state index contributed by atoms with van der Waals surface area (Å²) < 4.78 is 0. The molecule has 1 nitrogen and oxygen atoms in total. The Kier molecular flexibility index (Phi) is 8.94. The van der Waals surface area contributed by atoms with Crippen LogP contribution in [0.2, 0.25) is 0 Å². The van der Waals surface area contributed by atoms with Crippen molar-refractivity contribution in [2.75, 3.05) is 6.54 Å². The van der Waals surface area contributed by atoms with Crippen molar-refractivity contribution < 1.29 is 0 Å². The zero-order valence-electron chi connectivity index (χ0n) is 13.1. The highest BCUT2D eigenvalue weighted by Gasteiger charge is 2.21. The van der Waals surface area contributed by atoms with Crippen molar-refractivity contribution in [3.05, 3.63) is 0 Å². The summed E-state index contributed by atoms with van der Waals surface area (Å²) in [5, 5.41) is 3.54. The molecule has 0 heterocycles. The summed E-state index contributed by atoms with van der Waals surface area (Å²) >= 11 is 0. The Morgan fingerprint density at radius 1 is 1.12 bits per heavy atom. The zero-order chi connectivity index (χ0) is 13.3. The largest absolute Gasteiger partial charge is 0.315 e. The van der Waals surface area contributed by atoms with E-state index in [9.17, 15) is 0 Å². The molecule has 1 unspecified atom stereocenters. The summed E-state index contributed by atoms with van der Waals surface area (Å²) in [5.41, 5.74) is 0.496. The lowest BCUT2D eigenvalue weighted by Crippen LogP contribution is -2.28. The second-order valence-corrected chi connectivity index (χ2v) is 6.64. The average Bonchev–Trinajstić information content (AvgIpc) is 2.23. The third-order valence-electron chi connectivity index (χ3n) is 3.74. The lowest BCUT2D eigenvalue weighted by atomic mass is 9.77. The maximum absolute atomic E-state index is 3.54. The summed E-state index contributed by atoms with van der Waals surface area (Å²) in [4.78, 5) is 0. The van der Waals surface area contributed by atoms with E-state index in [4.69, 9.17) is 0 Å². The quantitative estimate of drug-likeness (QED) is 0.567. The third-order valence-corrected chi connectivity index (χ3v) is 3.74. The molecule has 0 aliphatic carbocycles. The Hall–Kier alpha value is -0.0400. The lowest BCUT2D eigenvalue weighted by molar-refractivity contribution is 0.228. The molecule has 0 saturated carbocycles. The normalized spacial score (nSPS) is 14.3. The van der Waals surface area contributed by atoms with E-state index in [2.05, 4.69) is 46.9 Å². The molecule has 0 radical (unpaired) electrons. The minimum Gasteiger partial charge on any atom is -0.315 e. The fourth-order valence-corrected chi connectivity index (χ4v) is 2.53. The monoisotopic (exact) mass is 241 g/mol. The standard InChI is InChI=1S/C16H35N/c1-7-9-10-15(8-2)13-16(5,6)11-12-17-14(3)4/h14-15,17H,7-13H2,1-6H3. The molecule has 17 heavy (non-hydrogen) atoms. The molecule has 0 saturated heterocycles. The number of unbranched alkanes of at least 4 members (excludes halogenated alkanes) is 1. The van der Waals surface area contributed by atoms with Crippen LogP contribution in [-0.2, 0) is 0 Å². The van der Waals surface area contributed by atoms with Crippen LogP contribution in [0.15, 0.2) is 0 Å². The molecule has 0 rings (SSSR count). The molecule has 0 fully saturated rings. The van der Waals surface area contributed by atoms with Gasteiger partial charge in [-0.1, -0.05) is 67.2 Å². The molecule has 0 aromatic heterocycles. The number of rotatable bonds is 10. The van der Waals surface area contributed by atoms with Gasteiger partial charge in [-0.25, -0.2) is 0 Å². The minimum absolute atomic E-state index is 0.496. The molecule has 0 aliphatic rings. The van der Waals surface area contributed by atoms with Crippen molar-refractivity contribution in [1.82, 2.24) is 5.32 Å². The molecule has 0 spiro atoms. The first kappa shape index (κ1) is 17.0. The summed E-state index contributed by atoms with van der Waals surface area (Å²) in [5.74, 6) is 0.934. The van der Waals surface area contributed by atoms with Crippen LogP contribution < -0.4 is 5.32 Å². The fraction of sp³-hybridized carbons (Fsp3) is 1.00. The Bertz CT molecular complexity index is 172. The molecule has 1 atom stereocenters. The predicted octanol–water partition coefficient (Wildman–Crippen LogP) is 5.01. The minimum atomic E-state index is 0.496. The van der Waals surface area contributed by atoms with E-state index in [1.165, 1.54) is 38.5 Å². The van der Waals surface area contributed by atoms with Crippen LogP contribution in [0.3, 0.4) is 0 Å². The maximum atomic E-state index is 3.54. The van der Waals surface area contributed by atoms with Gasteiger partial charge < -0.3 is 5.32 Å². The Labute approximate surface area is 110 Å². The Balaban J connectivity index is 3.93. The van der Waals surface area contributed by atoms with E-state index in [1.807, 2.05) is 0 Å². The molecule has 1 heteroatoms. The van der Waals surface area contributed by atoms with Crippen LogP contribution in [0, 0.1) is 11.3 Å². The van der Waals surface area contributed by atoms with Crippen LogP contribution >= 0.6 is 0 Å². The highest BCUT2D eigenvalue weighted by molar-refractivity contribution is 4.74. The topological polar surface area (TPSA) is 12.0 Å². The molecule has 104 valence electrons. The van der Waals surface area contributed by atoms with Gasteiger partial charge in [0.25, 0.3) is 0 Å². The zero-order valence-corrected chi connectivity index (χ0v) is 13.1. The van der Waals surface area contributed by atoms with Gasteiger partial charge in [-0.2, -0.15) is 0 Å². The van der Waals surface area contributed by atoms with E-state index in [1.54, 1.807) is 0 Å². The fourth-order valence-electron chi connectivity index (χ4n) is 2.53. The Morgan fingerprint density at radius 2 is 1.76 bits per heavy atom. The molecule has 0 bridgehead atoms. The van der Waals surface area contributed by atoms with Gasteiger partial charge in [-0.15, -0.1) is 0 Å². The highest BCUT2D eigenvalue weighted by Crippen LogP contribution is 2.32. The van der Waals surface area contributed by atoms with E-state index >= 15 is 0 Å². The summed E-state index contributed by atoms with van der Waals surface area (Å²) in [7, 11) is 0. The van der Waals surface area contributed by atoms with E-state index in [0.29, 0.717) is 11.5 Å². The first-order valence-corrected chi connectivity index (χ1v) is 7.64. The second-order valence-electron chi connectivity index (χ2n) is 6.64. The lowest BCUT2D eigenvalue weighted by Gasteiger charge is -2.30. The van der Waals surface area contributed by atoms with Crippen molar-refractivity contribution in [3.63, 3.8) is 0 Å². The van der Waals surface area contributed by atoms with E-state index in [-0.39, 0.29) is 0 Å². The molecular weight excluding hydrogens is 206 g/mol. The first-order chi connectivity index (χ1) is 7.91. The van der Waals surface area contributed by atoms with Crippen LogP contribution in [-0.4, -0.2) is 12.6 Å². The smallest absolute Gasteiger partial charge is 0.00103 e. The molecule has 0 aromatic rings. The molecule has 0 amide bonds. The van der Waals surface area contributed by atoms with Gasteiger partial charge >= 0.3 is 0 Å². The third kappa shape index (κ3) is 9.64. The number of nitrogens with one attached hydrogen (secondary N) is 1. The van der Waals surface area contributed by atoms with Crippen LogP contribution in [0.1, 0.15) is 80.1 Å². The van der Waals surface area contributed by atoms with Crippen molar-refractivity contribution in [2.24, 2.45) is 11.3 Å². The van der Waals surface area contributed by atoms with E-state index in [0.717, 1.165) is 12.5 Å². The van der Waals surface area contributed by atoms with Crippen LogP contribution in [0.25, 0.3) is 0 Å². The van der Waals surface area contributed by atoms with Gasteiger partial charge in [0.1, 0.15) is 0 Å². The number of hydrogen-bond donors (Lipinski definition) is 1. The van der Waals surface area contributed by atoms with Gasteiger partial charge in [0.05, 0.1) is 0 Å². The average molecular weight is 241 g/mol. The summed E-state index contributed by atoms with van der Waals surface area (Å²) in [6.45, 7) is 15.1. The van der Waals surface area contributed by atoms with Crippen molar-refractivity contribution >= 4 is 0 Å². The van der Waals surface area contributed by atoms with Crippen molar-refractivity contribution in [1.29, 1.82) is 0 Å². The molecule has 0 aliphatic heterocycles. The van der Waals surface area contributed by atoms with Crippen LogP contribution in [0.5, 0.6) is 0 Å². The SMILES string of the molecule is CCCCC(CC)CC(C)(C)CCNC(C)C. The van der Waals surface area contributed by atoms with Gasteiger partial charge in [0, 0.05) is 6.04 Å². The van der Waals surface area contributed by atoms with Crippen LogP contribution in [0.4, 0.5) is 0 Å². The first-order valence-electron chi connectivity index (χ1n) is 7.64. The maximum Gasteiger partial charge on any atom is 0.00103 e. The molecular formula is C16H35N.